The molecule has 1 fully saturated rings. The van der Waals surface area contributed by atoms with Gasteiger partial charge in [-0.05, 0) is 24.7 Å². The van der Waals surface area contributed by atoms with Crippen LogP contribution in [0.3, 0.4) is 0 Å². The topological polar surface area (TPSA) is 50.4 Å². The molecule has 0 saturated heterocycles. The molecule has 0 aliphatic heterocycles. The Balaban J connectivity index is 2.01. The number of hydrogen-bond acceptors (Lipinski definition) is 3. The van der Waals surface area contributed by atoms with Crippen LogP contribution >= 0.6 is 0 Å². The molecule has 1 amide bonds. The van der Waals surface area contributed by atoms with Gasteiger partial charge in [-0.1, -0.05) is 26.2 Å². The number of amides is 1. The van der Waals surface area contributed by atoms with Crippen LogP contribution in [-0.2, 0) is 9.53 Å². The average Bonchev–Trinajstić information content (AvgIpc) is 2.42. The zero-order valence-electron chi connectivity index (χ0n) is 11.8. The molecular weight excluding hydrogens is 228 g/mol. The van der Waals surface area contributed by atoms with E-state index >= 15 is 0 Å². The third-order valence-electron chi connectivity index (χ3n) is 3.90. The van der Waals surface area contributed by atoms with Crippen LogP contribution in [0.25, 0.3) is 0 Å². The van der Waals surface area contributed by atoms with E-state index in [0.717, 1.165) is 19.0 Å². The van der Waals surface area contributed by atoms with Gasteiger partial charge in [0, 0.05) is 20.2 Å². The molecule has 0 spiro atoms. The summed E-state index contributed by atoms with van der Waals surface area (Å²) in [6, 6.07) is 0. The number of hydrogen-bond donors (Lipinski definition) is 2. The summed E-state index contributed by atoms with van der Waals surface area (Å²) < 4.78 is 4.91. The number of carbonyl (C=O) groups excluding carboxylic acids is 1. The van der Waals surface area contributed by atoms with Crippen LogP contribution in [0.15, 0.2) is 0 Å². The van der Waals surface area contributed by atoms with Crippen molar-refractivity contribution in [1.29, 1.82) is 0 Å². The maximum atomic E-state index is 11.6. The molecule has 0 aromatic carbocycles. The first kappa shape index (κ1) is 15.4. The van der Waals surface area contributed by atoms with Gasteiger partial charge in [-0.2, -0.15) is 0 Å². The van der Waals surface area contributed by atoms with Gasteiger partial charge in [-0.15, -0.1) is 0 Å². The quantitative estimate of drug-likeness (QED) is 0.648. The fraction of sp³-hybridized carbons (Fsp3) is 0.929. The second-order valence-corrected chi connectivity index (χ2v) is 5.27. The highest BCUT2D eigenvalue weighted by molar-refractivity contribution is 5.77. The lowest BCUT2D eigenvalue weighted by Gasteiger charge is -2.27. The minimum absolute atomic E-state index is 0.101. The Hall–Kier alpha value is -0.610. The maximum Gasteiger partial charge on any atom is 0.233 e. The predicted octanol–water partition coefficient (Wildman–Crippen LogP) is 1.55. The van der Waals surface area contributed by atoms with E-state index in [9.17, 15) is 4.79 Å². The number of nitrogens with one attached hydrogen (secondary N) is 2. The van der Waals surface area contributed by atoms with Crippen LogP contribution in [0.4, 0.5) is 0 Å². The van der Waals surface area contributed by atoms with E-state index in [4.69, 9.17) is 4.74 Å². The van der Waals surface area contributed by atoms with E-state index in [2.05, 4.69) is 17.6 Å². The molecule has 0 heterocycles. The van der Waals surface area contributed by atoms with Crippen molar-refractivity contribution in [1.82, 2.24) is 10.6 Å². The van der Waals surface area contributed by atoms with E-state index in [1.807, 2.05) is 0 Å². The third-order valence-corrected chi connectivity index (χ3v) is 3.90. The summed E-state index contributed by atoms with van der Waals surface area (Å²) in [7, 11) is 1.66. The van der Waals surface area contributed by atoms with E-state index in [1.54, 1.807) is 7.11 Å². The van der Waals surface area contributed by atoms with Gasteiger partial charge in [0.1, 0.15) is 0 Å². The van der Waals surface area contributed by atoms with Crippen molar-refractivity contribution >= 4 is 5.91 Å². The Labute approximate surface area is 111 Å². The molecule has 1 aliphatic carbocycles. The summed E-state index contributed by atoms with van der Waals surface area (Å²) in [4.78, 5) is 11.6. The minimum Gasteiger partial charge on any atom is -0.383 e. The van der Waals surface area contributed by atoms with Crippen LogP contribution in [0.2, 0.25) is 0 Å². The van der Waals surface area contributed by atoms with Gasteiger partial charge < -0.3 is 15.4 Å². The van der Waals surface area contributed by atoms with Gasteiger partial charge in [0.2, 0.25) is 5.91 Å². The molecule has 106 valence electrons. The first-order chi connectivity index (χ1) is 8.76. The Bertz CT molecular complexity index is 226. The second kappa shape index (κ2) is 9.34. The number of methoxy groups -OCH3 is 1. The molecule has 1 rings (SSSR count). The van der Waals surface area contributed by atoms with Crippen molar-refractivity contribution in [3.05, 3.63) is 0 Å². The molecule has 0 aromatic heterocycles. The van der Waals surface area contributed by atoms with Gasteiger partial charge in [0.15, 0.2) is 0 Å². The molecule has 0 bridgehead atoms. The highest BCUT2D eigenvalue weighted by Gasteiger charge is 2.20. The Kier molecular flexibility index (Phi) is 8.01. The molecule has 2 N–H and O–H groups in total. The van der Waals surface area contributed by atoms with Gasteiger partial charge in [0.05, 0.1) is 13.2 Å². The molecule has 1 aliphatic rings. The first-order valence-corrected chi connectivity index (χ1v) is 7.22. The third kappa shape index (κ3) is 6.36. The van der Waals surface area contributed by atoms with E-state index in [1.165, 1.54) is 32.1 Å². The molecule has 4 nitrogen and oxygen atoms in total. The summed E-state index contributed by atoms with van der Waals surface area (Å²) in [5, 5.41) is 6.07. The second-order valence-electron chi connectivity index (χ2n) is 5.27. The fourth-order valence-electron chi connectivity index (χ4n) is 2.54. The van der Waals surface area contributed by atoms with Crippen molar-refractivity contribution in [2.24, 2.45) is 11.8 Å². The van der Waals surface area contributed by atoms with Crippen LogP contribution in [0.5, 0.6) is 0 Å². The molecule has 0 radical (unpaired) electrons. The molecule has 0 atom stereocenters. The normalized spacial score (nSPS) is 23.9. The van der Waals surface area contributed by atoms with Crippen molar-refractivity contribution < 1.29 is 9.53 Å². The Morgan fingerprint density at radius 2 is 1.89 bits per heavy atom. The minimum atomic E-state index is 0.101. The summed E-state index contributed by atoms with van der Waals surface area (Å²) in [6.45, 7) is 4.90. The van der Waals surface area contributed by atoms with Crippen LogP contribution in [0, 0.1) is 11.8 Å². The SMILES string of the molecule is CCC1CCC(CNC(=O)CNCCOC)CC1. The zero-order chi connectivity index (χ0) is 13.2. The standard InChI is InChI=1S/C14H28N2O2/c1-3-12-4-6-13(7-5-12)10-16-14(17)11-15-8-9-18-2/h12-13,15H,3-11H2,1-2H3,(H,16,17). The van der Waals surface area contributed by atoms with Crippen molar-refractivity contribution in [2.75, 3.05) is 33.4 Å². The van der Waals surface area contributed by atoms with Crippen LogP contribution in [-0.4, -0.2) is 39.3 Å². The molecule has 1 saturated carbocycles. The van der Waals surface area contributed by atoms with Gasteiger partial charge in [-0.25, -0.2) is 0 Å². The Morgan fingerprint density at radius 1 is 1.22 bits per heavy atom. The smallest absolute Gasteiger partial charge is 0.233 e. The summed E-state index contributed by atoms with van der Waals surface area (Å²) >= 11 is 0. The van der Waals surface area contributed by atoms with Crippen molar-refractivity contribution in [3.63, 3.8) is 0 Å². The van der Waals surface area contributed by atoms with Crippen LogP contribution in [0.1, 0.15) is 39.0 Å². The van der Waals surface area contributed by atoms with Crippen molar-refractivity contribution in [3.8, 4) is 0 Å². The lowest BCUT2D eigenvalue weighted by Crippen LogP contribution is -2.38. The highest BCUT2D eigenvalue weighted by Crippen LogP contribution is 2.29. The average molecular weight is 256 g/mol. The molecule has 0 aromatic rings. The monoisotopic (exact) mass is 256 g/mol. The zero-order valence-corrected chi connectivity index (χ0v) is 11.8. The lowest BCUT2D eigenvalue weighted by atomic mass is 9.81. The van der Waals surface area contributed by atoms with E-state index < -0.39 is 0 Å². The molecule has 4 heteroatoms. The fourth-order valence-corrected chi connectivity index (χ4v) is 2.54. The van der Waals surface area contributed by atoms with Crippen LogP contribution < -0.4 is 10.6 Å². The Morgan fingerprint density at radius 3 is 2.50 bits per heavy atom. The van der Waals surface area contributed by atoms with Gasteiger partial charge in [-0.3, -0.25) is 4.79 Å². The van der Waals surface area contributed by atoms with Crippen molar-refractivity contribution in [2.45, 2.75) is 39.0 Å². The summed E-state index contributed by atoms with van der Waals surface area (Å²) in [5.74, 6) is 1.71. The molecule has 18 heavy (non-hydrogen) atoms. The number of ether oxygens (including phenoxy) is 1. The van der Waals surface area contributed by atoms with Gasteiger partial charge >= 0.3 is 0 Å². The summed E-state index contributed by atoms with van der Waals surface area (Å²) in [5.41, 5.74) is 0. The van der Waals surface area contributed by atoms with E-state index in [0.29, 0.717) is 19.1 Å². The number of carbonyl (C=O) groups is 1. The molecular formula is C14H28N2O2. The van der Waals surface area contributed by atoms with E-state index in [-0.39, 0.29) is 5.91 Å². The highest BCUT2D eigenvalue weighted by atomic mass is 16.5. The molecule has 0 unspecified atom stereocenters. The van der Waals surface area contributed by atoms with Gasteiger partial charge in [0.25, 0.3) is 0 Å². The maximum absolute atomic E-state index is 11.6. The number of rotatable bonds is 8. The predicted molar refractivity (Wildman–Crippen MR) is 73.5 cm³/mol. The lowest BCUT2D eigenvalue weighted by molar-refractivity contribution is -0.120. The first-order valence-electron chi connectivity index (χ1n) is 7.22. The summed E-state index contributed by atoms with van der Waals surface area (Å²) in [6.07, 6.45) is 6.53. The largest absolute Gasteiger partial charge is 0.383 e.